The molecule has 1 aromatic heterocycles. The Morgan fingerprint density at radius 3 is 2.74 bits per heavy atom. The molecule has 0 aliphatic carbocycles. The number of amides is 1. The number of piperidine rings is 1. The molecule has 1 saturated heterocycles. The standard InChI is InChI=1S/C17H18FN3O2/c18-16-11-12(5-8-19-16)17(23)20-14-3-1-2-4-15(14)21-9-6-13(22)7-10-21/h1-5,8,11,13,22H,6-7,9-10H2,(H,20,23). The Balaban J connectivity index is 1.79. The summed E-state index contributed by atoms with van der Waals surface area (Å²) in [5.74, 6) is -1.06. The number of carbonyl (C=O) groups excluding carboxylic acids is 1. The molecule has 1 aromatic carbocycles. The van der Waals surface area contributed by atoms with Gasteiger partial charge in [0.25, 0.3) is 5.91 Å². The highest BCUT2D eigenvalue weighted by molar-refractivity contribution is 6.05. The molecule has 1 aliphatic heterocycles. The molecule has 120 valence electrons. The molecule has 0 atom stereocenters. The van der Waals surface area contributed by atoms with Gasteiger partial charge in [0.1, 0.15) is 0 Å². The number of hydrogen-bond donors (Lipinski definition) is 2. The normalized spacial score (nSPS) is 15.5. The lowest BCUT2D eigenvalue weighted by Gasteiger charge is -2.32. The molecule has 6 heteroatoms. The fraction of sp³-hybridized carbons (Fsp3) is 0.294. The number of anilines is 2. The number of aromatic nitrogens is 1. The molecule has 0 spiro atoms. The van der Waals surface area contributed by atoms with Gasteiger partial charge in [0.05, 0.1) is 17.5 Å². The van der Waals surface area contributed by atoms with Crippen molar-refractivity contribution in [3.63, 3.8) is 0 Å². The average Bonchev–Trinajstić information content (AvgIpc) is 2.56. The maximum absolute atomic E-state index is 13.2. The van der Waals surface area contributed by atoms with E-state index in [1.807, 2.05) is 24.3 Å². The molecule has 0 unspecified atom stereocenters. The van der Waals surface area contributed by atoms with Gasteiger partial charge in [0.15, 0.2) is 0 Å². The highest BCUT2D eigenvalue weighted by atomic mass is 19.1. The Morgan fingerprint density at radius 1 is 1.26 bits per heavy atom. The number of para-hydroxylation sites is 2. The second-order valence-corrected chi connectivity index (χ2v) is 5.56. The van der Waals surface area contributed by atoms with E-state index >= 15 is 0 Å². The van der Waals surface area contributed by atoms with Gasteiger partial charge in [-0.15, -0.1) is 0 Å². The number of pyridine rings is 1. The van der Waals surface area contributed by atoms with Crippen molar-refractivity contribution in [2.45, 2.75) is 18.9 Å². The van der Waals surface area contributed by atoms with E-state index < -0.39 is 5.95 Å². The summed E-state index contributed by atoms with van der Waals surface area (Å²) in [4.78, 5) is 17.9. The van der Waals surface area contributed by atoms with Crippen LogP contribution < -0.4 is 10.2 Å². The van der Waals surface area contributed by atoms with E-state index in [-0.39, 0.29) is 17.6 Å². The zero-order valence-corrected chi connectivity index (χ0v) is 12.6. The SMILES string of the molecule is O=C(Nc1ccccc1N1CCC(O)CC1)c1ccnc(F)c1. The first-order valence-corrected chi connectivity index (χ1v) is 7.58. The number of halogens is 1. The van der Waals surface area contributed by atoms with Gasteiger partial charge in [0, 0.05) is 30.9 Å². The van der Waals surface area contributed by atoms with E-state index in [0.717, 1.165) is 24.8 Å². The van der Waals surface area contributed by atoms with Gasteiger partial charge in [-0.3, -0.25) is 4.79 Å². The summed E-state index contributed by atoms with van der Waals surface area (Å²) in [7, 11) is 0. The van der Waals surface area contributed by atoms with Gasteiger partial charge < -0.3 is 15.3 Å². The van der Waals surface area contributed by atoms with Gasteiger partial charge in [-0.2, -0.15) is 4.39 Å². The molecule has 1 aliphatic rings. The molecule has 5 nitrogen and oxygen atoms in total. The highest BCUT2D eigenvalue weighted by Crippen LogP contribution is 2.28. The third-order valence-electron chi connectivity index (χ3n) is 3.95. The summed E-state index contributed by atoms with van der Waals surface area (Å²) in [5.41, 5.74) is 1.80. The largest absolute Gasteiger partial charge is 0.393 e. The van der Waals surface area contributed by atoms with Gasteiger partial charge in [-0.05, 0) is 31.0 Å². The van der Waals surface area contributed by atoms with Gasteiger partial charge in [-0.25, -0.2) is 4.98 Å². The van der Waals surface area contributed by atoms with Crippen molar-refractivity contribution in [1.29, 1.82) is 0 Å². The molecule has 3 rings (SSSR count). The fourth-order valence-corrected chi connectivity index (χ4v) is 2.70. The Labute approximate surface area is 133 Å². The van der Waals surface area contributed by atoms with Crippen LogP contribution in [-0.4, -0.2) is 35.2 Å². The van der Waals surface area contributed by atoms with Crippen LogP contribution in [0.15, 0.2) is 42.6 Å². The number of aliphatic hydroxyl groups excluding tert-OH is 1. The molecule has 0 saturated carbocycles. The van der Waals surface area contributed by atoms with Crippen LogP contribution in [0.4, 0.5) is 15.8 Å². The summed E-state index contributed by atoms with van der Waals surface area (Å²) in [6.07, 6.45) is 2.42. The Morgan fingerprint density at radius 2 is 2.00 bits per heavy atom. The Hall–Kier alpha value is -2.47. The smallest absolute Gasteiger partial charge is 0.255 e. The van der Waals surface area contributed by atoms with Crippen LogP contribution in [0.3, 0.4) is 0 Å². The highest BCUT2D eigenvalue weighted by Gasteiger charge is 2.20. The molecule has 2 heterocycles. The fourth-order valence-electron chi connectivity index (χ4n) is 2.70. The van der Waals surface area contributed by atoms with E-state index in [0.29, 0.717) is 18.5 Å². The first-order valence-electron chi connectivity index (χ1n) is 7.58. The molecular formula is C17H18FN3O2. The van der Waals surface area contributed by atoms with Crippen LogP contribution >= 0.6 is 0 Å². The van der Waals surface area contributed by atoms with E-state index in [9.17, 15) is 14.3 Å². The van der Waals surface area contributed by atoms with Gasteiger partial charge in [-0.1, -0.05) is 12.1 Å². The van der Waals surface area contributed by atoms with Crippen molar-refractivity contribution in [2.75, 3.05) is 23.3 Å². The van der Waals surface area contributed by atoms with E-state index in [1.165, 1.54) is 12.3 Å². The van der Waals surface area contributed by atoms with Crippen molar-refractivity contribution in [3.05, 3.63) is 54.1 Å². The van der Waals surface area contributed by atoms with Crippen LogP contribution in [0.2, 0.25) is 0 Å². The van der Waals surface area contributed by atoms with Crippen LogP contribution in [-0.2, 0) is 0 Å². The second kappa shape index (κ2) is 6.75. The minimum atomic E-state index is -0.684. The van der Waals surface area contributed by atoms with Crippen molar-refractivity contribution < 1.29 is 14.3 Å². The second-order valence-electron chi connectivity index (χ2n) is 5.56. The van der Waals surface area contributed by atoms with Gasteiger partial charge in [0.2, 0.25) is 5.95 Å². The first-order chi connectivity index (χ1) is 11.1. The van der Waals surface area contributed by atoms with Crippen LogP contribution in [0, 0.1) is 5.95 Å². The summed E-state index contributed by atoms with van der Waals surface area (Å²) in [6.45, 7) is 1.47. The predicted octanol–water partition coefficient (Wildman–Crippen LogP) is 2.43. The monoisotopic (exact) mass is 315 g/mol. The topological polar surface area (TPSA) is 65.5 Å². The van der Waals surface area contributed by atoms with Crippen molar-refractivity contribution >= 4 is 17.3 Å². The average molecular weight is 315 g/mol. The molecule has 2 N–H and O–H groups in total. The number of rotatable bonds is 3. The number of carbonyl (C=O) groups is 1. The summed E-state index contributed by atoms with van der Waals surface area (Å²) in [5, 5.41) is 12.5. The van der Waals surface area contributed by atoms with Crippen LogP contribution in [0.25, 0.3) is 0 Å². The van der Waals surface area contributed by atoms with E-state index in [1.54, 1.807) is 0 Å². The zero-order valence-electron chi connectivity index (χ0n) is 12.6. The summed E-state index contributed by atoms with van der Waals surface area (Å²) < 4.78 is 13.2. The number of aliphatic hydroxyl groups is 1. The number of nitrogens with zero attached hydrogens (tertiary/aromatic N) is 2. The molecule has 0 radical (unpaired) electrons. The predicted molar refractivity (Wildman–Crippen MR) is 86.0 cm³/mol. The Bertz CT molecular complexity index is 700. The summed E-state index contributed by atoms with van der Waals surface area (Å²) in [6, 6.07) is 10.1. The molecule has 1 fully saturated rings. The number of benzene rings is 1. The quantitative estimate of drug-likeness (QED) is 0.854. The Kier molecular flexibility index (Phi) is 4.52. The minimum absolute atomic E-state index is 0.223. The molecule has 2 aromatic rings. The van der Waals surface area contributed by atoms with Gasteiger partial charge >= 0.3 is 0 Å². The zero-order chi connectivity index (χ0) is 16.2. The minimum Gasteiger partial charge on any atom is -0.393 e. The van der Waals surface area contributed by atoms with Crippen molar-refractivity contribution in [2.24, 2.45) is 0 Å². The van der Waals surface area contributed by atoms with E-state index in [4.69, 9.17) is 0 Å². The van der Waals surface area contributed by atoms with Crippen LogP contribution in [0.5, 0.6) is 0 Å². The van der Waals surface area contributed by atoms with Crippen molar-refractivity contribution in [3.8, 4) is 0 Å². The lowest BCUT2D eigenvalue weighted by atomic mass is 10.1. The third-order valence-corrected chi connectivity index (χ3v) is 3.95. The maximum Gasteiger partial charge on any atom is 0.255 e. The van der Waals surface area contributed by atoms with E-state index in [2.05, 4.69) is 15.2 Å². The first kappa shape index (κ1) is 15.4. The lowest BCUT2D eigenvalue weighted by molar-refractivity contribution is 0.102. The molecule has 23 heavy (non-hydrogen) atoms. The maximum atomic E-state index is 13.2. The van der Waals surface area contributed by atoms with Crippen LogP contribution in [0.1, 0.15) is 23.2 Å². The molecule has 1 amide bonds. The summed E-state index contributed by atoms with van der Waals surface area (Å²) >= 11 is 0. The van der Waals surface area contributed by atoms with Crippen molar-refractivity contribution in [1.82, 2.24) is 4.98 Å². The molecule has 0 bridgehead atoms. The number of nitrogens with one attached hydrogen (secondary N) is 1. The third kappa shape index (κ3) is 3.65. The number of hydrogen-bond acceptors (Lipinski definition) is 4. The molecular weight excluding hydrogens is 297 g/mol. The lowest BCUT2D eigenvalue weighted by Crippen LogP contribution is -2.36.